The molecule has 2 heterocycles. The van der Waals surface area contributed by atoms with Crippen molar-refractivity contribution in [3.8, 4) is 0 Å². The SMILES string of the molecule is Cc1nc2c(C(=O)O)c(Cc3ccc(I)cc3F)n(C)c(=O)c2s1. The van der Waals surface area contributed by atoms with Gasteiger partial charge in [-0.15, -0.1) is 11.3 Å². The Morgan fingerprint density at radius 2 is 2.17 bits per heavy atom. The molecule has 0 atom stereocenters. The highest BCUT2D eigenvalue weighted by molar-refractivity contribution is 14.1. The molecule has 0 amide bonds. The fraction of sp³-hybridized carbons (Fsp3) is 0.188. The van der Waals surface area contributed by atoms with Crippen LogP contribution in [0.4, 0.5) is 4.39 Å². The molecule has 2 aromatic heterocycles. The number of pyridine rings is 1. The first kappa shape index (κ1) is 17.0. The molecule has 1 aromatic carbocycles. The van der Waals surface area contributed by atoms with Crippen molar-refractivity contribution in [2.45, 2.75) is 13.3 Å². The highest BCUT2D eigenvalue weighted by atomic mass is 127. The van der Waals surface area contributed by atoms with Gasteiger partial charge in [-0.2, -0.15) is 0 Å². The highest BCUT2D eigenvalue weighted by Gasteiger charge is 2.23. The van der Waals surface area contributed by atoms with E-state index in [0.717, 1.165) is 14.9 Å². The van der Waals surface area contributed by atoms with E-state index in [9.17, 15) is 19.1 Å². The number of fused-ring (bicyclic) bond motifs is 1. The molecule has 0 saturated heterocycles. The molecular weight excluding hydrogens is 446 g/mol. The van der Waals surface area contributed by atoms with Gasteiger partial charge in [-0.25, -0.2) is 14.2 Å². The van der Waals surface area contributed by atoms with Gasteiger partial charge in [0.05, 0.1) is 5.01 Å². The molecule has 124 valence electrons. The average molecular weight is 458 g/mol. The van der Waals surface area contributed by atoms with Crippen LogP contribution in [0.1, 0.15) is 26.6 Å². The fourth-order valence-corrected chi connectivity index (χ4v) is 3.95. The lowest BCUT2D eigenvalue weighted by Crippen LogP contribution is -2.24. The first-order chi connectivity index (χ1) is 11.3. The van der Waals surface area contributed by atoms with Gasteiger partial charge in [0.1, 0.15) is 21.6 Å². The van der Waals surface area contributed by atoms with Gasteiger partial charge in [0, 0.05) is 22.7 Å². The van der Waals surface area contributed by atoms with Gasteiger partial charge in [0.25, 0.3) is 5.56 Å². The molecule has 0 aliphatic rings. The lowest BCUT2D eigenvalue weighted by atomic mass is 10.0. The summed E-state index contributed by atoms with van der Waals surface area (Å²) in [6, 6.07) is 4.71. The number of carbonyl (C=O) groups is 1. The number of aromatic nitrogens is 2. The van der Waals surface area contributed by atoms with E-state index in [4.69, 9.17) is 0 Å². The number of aryl methyl sites for hydroxylation is 1. The number of hydrogen-bond donors (Lipinski definition) is 1. The Hall–Kier alpha value is -1.81. The normalized spacial score (nSPS) is 11.2. The molecular formula is C16H12FIN2O3S. The molecule has 0 aliphatic carbocycles. The molecule has 0 fully saturated rings. The summed E-state index contributed by atoms with van der Waals surface area (Å²) in [5.74, 6) is -1.61. The predicted molar refractivity (Wildman–Crippen MR) is 98.5 cm³/mol. The first-order valence-corrected chi connectivity index (χ1v) is 8.85. The summed E-state index contributed by atoms with van der Waals surface area (Å²) in [5.41, 5.74) is 0.384. The van der Waals surface area contributed by atoms with Crippen LogP contribution in [0.5, 0.6) is 0 Å². The van der Waals surface area contributed by atoms with E-state index < -0.39 is 11.8 Å². The van der Waals surface area contributed by atoms with Crippen LogP contribution in [0.3, 0.4) is 0 Å². The Kier molecular flexibility index (Phi) is 4.43. The number of aromatic carboxylic acids is 1. The molecule has 0 unspecified atom stereocenters. The van der Waals surface area contributed by atoms with E-state index in [1.807, 2.05) is 22.6 Å². The van der Waals surface area contributed by atoms with Gasteiger partial charge in [0.2, 0.25) is 0 Å². The predicted octanol–water partition coefficient (Wildman–Crippen LogP) is 3.34. The van der Waals surface area contributed by atoms with E-state index in [2.05, 4.69) is 4.98 Å². The topological polar surface area (TPSA) is 72.2 Å². The number of hydrogen-bond acceptors (Lipinski definition) is 4. The molecule has 0 bridgehead atoms. The lowest BCUT2D eigenvalue weighted by molar-refractivity contribution is 0.0696. The third kappa shape index (κ3) is 2.84. The summed E-state index contributed by atoms with van der Waals surface area (Å²) < 4.78 is 16.5. The van der Waals surface area contributed by atoms with E-state index in [1.54, 1.807) is 19.1 Å². The number of rotatable bonds is 3. The summed E-state index contributed by atoms with van der Waals surface area (Å²) in [6.07, 6.45) is 0.00262. The molecule has 3 rings (SSSR count). The van der Waals surface area contributed by atoms with E-state index in [1.165, 1.54) is 17.7 Å². The van der Waals surface area contributed by atoms with E-state index in [-0.39, 0.29) is 28.8 Å². The maximum Gasteiger partial charge on any atom is 0.339 e. The smallest absolute Gasteiger partial charge is 0.339 e. The minimum Gasteiger partial charge on any atom is -0.478 e. The largest absolute Gasteiger partial charge is 0.478 e. The minimum atomic E-state index is -1.18. The van der Waals surface area contributed by atoms with Crippen molar-refractivity contribution in [1.82, 2.24) is 9.55 Å². The monoisotopic (exact) mass is 458 g/mol. The van der Waals surface area contributed by atoms with Crippen LogP contribution >= 0.6 is 33.9 Å². The van der Waals surface area contributed by atoms with Gasteiger partial charge in [-0.1, -0.05) is 6.07 Å². The van der Waals surface area contributed by atoms with Crippen molar-refractivity contribution in [3.63, 3.8) is 0 Å². The Morgan fingerprint density at radius 1 is 1.46 bits per heavy atom. The number of halogens is 2. The minimum absolute atomic E-state index is 0.00262. The molecule has 24 heavy (non-hydrogen) atoms. The van der Waals surface area contributed by atoms with Crippen molar-refractivity contribution in [2.24, 2.45) is 7.05 Å². The maximum atomic E-state index is 14.2. The number of carboxylic acids is 1. The average Bonchev–Trinajstić information content (AvgIpc) is 2.88. The van der Waals surface area contributed by atoms with Crippen molar-refractivity contribution >= 4 is 50.1 Å². The maximum absolute atomic E-state index is 14.2. The number of thiazole rings is 1. The third-order valence-corrected chi connectivity index (χ3v) is 5.38. The molecule has 0 aliphatic heterocycles. The van der Waals surface area contributed by atoms with Crippen molar-refractivity contribution in [3.05, 3.63) is 59.8 Å². The Labute approximate surface area is 153 Å². The second-order valence-corrected chi connectivity index (χ2v) is 7.76. The van der Waals surface area contributed by atoms with Crippen molar-refractivity contribution in [2.75, 3.05) is 0 Å². The zero-order valence-electron chi connectivity index (χ0n) is 12.8. The highest BCUT2D eigenvalue weighted by Crippen LogP contribution is 2.26. The number of benzene rings is 1. The van der Waals surface area contributed by atoms with Crippen molar-refractivity contribution in [1.29, 1.82) is 0 Å². The summed E-state index contributed by atoms with van der Waals surface area (Å²) in [5, 5.41) is 10.2. The molecule has 0 saturated carbocycles. The second kappa shape index (κ2) is 6.25. The molecule has 8 heteroatoms. The molecule has 1 N–H and O–H groups in total. The van der Waals surface area contributed by atoms with Crippen LogP contribution in [0, 0.1) is 16.3 Å². The van der Waals surface area contributed by atoms with Gasteiger partial charge in [0.15, 0.2) is 0 Å². The van der Waals surface area contributed by atoms with Crippen LogP contribution in [0.15, 0.2) is 23.0 Å². The number of nitrogens with zero attached hydrogens (tertiary/aromatic N) is 2. The van der Waals surface area contributed by atoms with Crippen LogP contribution in [-0.4, -0.2) is 20.6 Å². The van der Waals surface area contributed by atoms with Crippen LogP contribution in [0.2, 0.25) is 0 Å². The Bertz CT molecular complexity index is 1040. The van der Waals surface area contributed by atoms with Gasteiger partial charge in [-0.05, 0) is 47.2 Å². The first-order valence-electron chi connectivity index (χ1n) is 6.95. The van der Waals surface area contributed by atoms with Crippen LogP contribution in [-0.2, 0) is 13.5 Å². The quantitative estimate of drug-likeness (QED) is 0.612. The van der Waals surface area contributed by atoms with Crippen LogP contribution < -0.4 is 5.56 Å². The molecule has 0 spiro atoms. The molecule has 0 radical (unpaired) electrons. The fourth-order valence-electron chi connectivity index (χ4n) is 2.60. The summed E-state index contributed by atoms with van der Waals surface area (Å²) in [7, 11) is 1.50. The molecule has 3 aromatic rings. The third-order valence-electron chi connectivity index (χ3n) is 3.75. The molecule has 5 nitrogen and oxygen atoms in total. The van der Waals surface area contributed by atoms with Crippen molar-refractivity contribution < 1.29 is 14.3 Å². The number of carboxylic acid groups (broad SMARTS) is 1. The van der Waals surface area contributed by atoms with Gasteiger partial charge >= 0.3 is 5.97 Å². The summed E-state index contributed by atoms with van der Waals surface area (Å²) in [4.78, 5) is 28.5. The van der Waals surface area contributed by atoms with Gasteiger partial charge in [-0.3, -0.25) is 4.79 Å². The Balaban J connectivity index is 2.30. The van der Waals surface area contributed by atoms with Gasteiger partial charge < -0.3 is 9.67 Å². The summed E-state index contributed by atoms with van der Waals surface area (Å²) >= 11 is 3.16. The lowest BCUT2D eigenvalue weighted by Gasteiger charge is -2.13. The second-order valence-electron chi connectivity index (χ2n) is 5.31. The summed E-state index contributed by atoms with van der Waals surface area (Å²) in [6.45, 7) is 1.72. The Morgan fingerprint density at radius 3 is 2.79 bits per heavy atom. The zero-order valence-corrected chi connectivity index (χ0v) is 15.7. The van der Waals surface area contributed by atoms with Crippen LogP contribution in [0.25, 0.3) is 10.2 Å². The van der Waals surface area contributed by atoms with E-state index >= 15 is 0 Å². The standard InChI is InChI=1S/C16H12FIN2O3S/c1-7-19-13-12(16(22)23)11(20(2)15(21)14(13)24-7)5-8-3-4-9(18)6-10(8)17/h3-4,6H,5H2,1-2H3,(H,22,23). The van der Waals surface area contributed by atoms with E-state index in [0.29, 0.717) is 15.3 Å². The zero-order chi connectivity index (χ0) is 17.6.